The highest BCUT2D eigenvalue weighted by molar-refractivity contribution is 7.90. The molecule has 1 atom stereocenters. The first-order valence-electron chi connectivity index (χ1n) is 14.5. The lowest BCUT2D eigenvalue weighted by atomic mass is 10.0. The Morgan fingerprint density at radius 3 is 2.34 bits per heavy atom. The fourth-order valence-electron chi connectivity index (χ4n) is 4.58. The van der Waals surface area contributed by atoms with Gasteiger partial charge in [0.2, 0.25) is 15.9 Å². The number of aromatic amines is 1. The van der Waals surface area contributed by atoms with Gasteiger partial charge in [-0.25, -0.2) is 22.7 Å². The molecule has 20 heteroatoms. The van der Waals surface area contributed by atoms with Crippen LogP contribution in [0.2, 0.25) is 5.02 Å². The number of amides is 5. The molecule has 5 amide bonds. The van der Waals surface area contributed by atoms with Gasteiger partial charge in [-0.2, -0.15) is 4.68 Å². The van der Waals surface area contributed by atoms with Crippen molar-refractivity contribution in [2.24, 2.45) is 0 Å². The van der Waals surface area contributed by atoms with Crippen molar-refractivity contribution in [3.8, 4) is 5.69 Å². The summed E-state index contributed by atoms with van der Waals surface area (Å²) in [7, 11) is -3.79. The lowest BCUT2D eigenvalue weighted by Crippen LogP contribution is -2.49. The molecule has 7 N–H and O–H groups in total. The number of nitrogens with one attached hydrogen (secondary N) is 6. The highest BCUT2D eigenvalue weighted by atomic mass is 35.5. The highest BCUT2D eigenvalue weighted by Crippen LogP contribution is 2.24. The number of carbonyl (C=O) groups is 5. The van der Waals surface area contributed by atoms with Crippen LogP contribution in [0.4, 0.5) is 21.9 Å². The van der Waals surface area contributed by atoms with Gasteiger partial charge in [0.15, 0.2) is 0 Å². The molecule has 258 valence electrons. The van der Waals surface area contributed by atoms with Crippen molar-refractivity contribution in [2.45, 2.75) is 19.4 Å². The molecule has 0 radical (unpaired) electrons. The second-order valence-corrected chi connectivity index (χ2v) is 13.0. The van der Waals surface area contributed by atoms with Crippen LogP contribution in [0.1, 0.15) is 23.0 Å². The number of carboxylic acid groups (broad SMARTS) is 1. The molecule has 2 aromatic heterocycles. The summed E-state index contributed by atoms with van der Waals surface area (Å²) < 4.78 is 26.4. The van der Waals surface area contributed by atoms with E-state index in [1.54, 1.807) is 6.07 Å². The largest absolute Gasteiger partial charge is 0.477 e. The van der Waals surface area contributed by atoms with E-state index in [2.05, 4.69) is 41.8 Å². The molecular weight excluding hydrogens is 696 g/mol. The molecule has 2 heterocycles. The third-order valence-corrected chi connectivity index (χ3v) is 8.52. The predicted molar refractivity (Wildman–Crippen MR) is 180 cm³/mol. The van der Waals surface area contributed by atoms with Crippen LogP contribution in [0.5, 0.6) is 0 Å². The van der Waals surface area contributed by atoms with E-state index in [-0.39, 0.29) is 40.0 Å². The maximum atomic E-state index is 13.6. The van der Waals surface area contributed by atoms with Crippen molar-refractivity contribution in [2.75, 3.05) is 21.7 Å². The van der Waals surface area contributed by atoms with Crippen molar-refractivity contribution in [1.29, 1.82) is 0 Å². The van der Waals surface area contributed by atoms with E-state index < -0.39 is 45.8 Å². The molecule has 50 heavy (non-hydrogen) atoms. The Hall–Kier alpha value is -6.34. The first kappa shape index (κ1) is 35.0. The predicted octanol–water partition coefficient (Wildman–Crippen LogP) is 2.27. The highest BCUT2D eigenvalue weighted by Gasteiger charge is 2.26. The van der Waals surface area contributed by atoms with E-state index in [1.807, 2.05) is 4.72 Å². The van der Waals surface area contributed by atoms with Crippen LogP contribution in [0.15, 0.2) is 73.1 Å². The minimum absolute atomic E-state index is 0.0509. The van der Waals surface area contributed by atoms with Gasteiger partial charge in [0, 0.05) is 33.7 Å². The number of aromatic carboxylic acids is 1. The van der Waals surface area contributed by atoms with E-state index in [0.717, 1.165) is 0 Å². The third-order valence-electron chi connectivity index (χ3n) is 7.03. The van der Waals surface area contributed by atoms with Gasteiger partial charge in [0.05, 0.1) is 17.1 Å². The lowest BCUT2D eigenvalue weighted by molar-refractivity contribution is -0.137. The fraction of sp³-hybridized carbons (Fsp3) is 0.133. The summed E-state index contributed by atoms with van der Waals surface area (Å²) in [4.78, 5) is 66.0. The Balaban J connectivity index is 1.35. The number of sulfonamides is 1. The van der Waals surface area contributed by atoms with Gasteiger partial charge in [-0.3, -0.25) is 14.4 Å². The number of anilines is 3. The molecule has 0 fully saturated rings. The zero-order valence-corrected chi connectivity index (χ0v) is 27.4. The zero-order chi connectivity index (χ0) is 36.0. The van der Waals surface area contributed by atoms with Gasteiger partial charge < -0.3 is 31.4 Å². The topological polar surface area (TPSA) is 259 Å². The van der Waals surface area contributed by atoms with Gasteiger partial charge in [-0.05, 0) is 77.5 Å². The van der Waals surface area contributed by atoms with Crippen LogP contribution in [0.25, 0.3) is 16.6 Å². The average molecular weight is 723 g/mol. The summed E-state index contributed by atoms with van der Waals surface area (Å²) in [6.45, 7) is 1.37. The average Bonchev–Trinajstić information content (AvgIpc) is 3.76. The quantitative estimate of drug-likeness (QED) is 0.0973. The van der Waals surface area contributed by atoms with Crippen LogP contribution in [-0.2, 0) is 30.8 Å². The molecule has 0 saturated carbocycles. The molecule has 18 nitrogen and oxygen atoms in total. The van der Waals surface area contributed by atoms with Crippen LogP contribution in [-0.4, -0.2) is 80.2 Å². The van der Waals surface area contributed by atoms with Crippen LogP contribution in [0.3, 0.4) is 0 Å². The van der Waals surface area contributed by atoms with E-state index in [1.165, 1.54) is 78.6 Å². The molecule has 0 unspecified atom stereocenters. The summed E-state index contributed by atoms with van der Waals surface area (Å²) in [5, 5.41) is 30.9. The number of carbonyl (C=O) groups excluding carboxylic acids is 4. The van der Waals surface area contributed by atoms with Gasteiger partial charge in [-0.15, -0.1) is 5.10 Å². The number of H-pyrrole nitrogens is 1. The van der Waals surface area contributed by atoms with Crippen molar-refractivity contribution < 1.29 is 37.5 Å². The van der Waals surface area contributed by atoms with Crippen molar-refractivity contribution in [3.63, 3.8) is 0 Å². The summed E-state index contributed by atoms with van der Waals surface area (Å²) >= 11 is 6.11. The van der Waals surface area contributed by atoms with Gasteiger partial charge in [-0.1, -0.05) is 23.7 Å². The summed E-state index contributed by atoms with van der Waals surface area (Å²) in [5.74, 6) is -4.49. The molecule has 0 spiro atoms. The number of rotatable bonds is 11. The van der Waals surface area contributed by atoms with Gasteiger partial charge >= 0.3 is 23.8 Å². The number of urea groups is 1. The van der Waals surface area contributed by atoms with E-state index in [4.69, 9.17) is 11.6 Å². The lowest BCUT2D eigenvalue weighted by Gasteiger charge is -2.19. The van der Waals surface area contributed by atoms with Gasteiger partial charge in [0.25, 0.3) is 0 Å². The minimum atomic E-state index is -3.79. The molecule has 5 rings (SSSR count). The summed E-state index contributed by atoms with van der Waals surface area (Å²) in [6, 6.07) is 14.1. The van der Waals surface area contributed by atoms with Crippen LogP contribution in [0, 0.1) is 0 Å². The number of hydrogen-bond acceptors (Lipinski definition) is 10. The smallest absolute Gasteiger partial charge is 0.352 e. The number of hydrogen-bond donors (Lipinski definition) is 7. The molecule has 5 aromatic rings. The third kappa shape index (κ3) is 8.76. The maximum absolute atomic E-state index is 13.6. The number of halogens is 1. The first-order valence-corrected chi connectivity index (χ1v) is 16.6. The van der Waals surface area contributed by atoms with Gasteiger partial charge in [0.1, 0.15) is 18.1 Å². The Labute approximate surface area is 287 Å². The molecule has 0 aliphatic heterocycles. The number of aromatic nitrogens is 5. The van der Waals surface area contributed by atoms with Crippen molar-refractivity contribution >= 4 is 79.3 Å². The van der Waals surface area contributed by atoms with Crippen molar-refractivity contribution in [3.05, 3.63) is 89.3 Å². The van der Waals surface area contributed by atoms with Crippen LogP contribution < -0.4 is 26.0 Å². The second kappa shape index (κ2) is 14.8. The van der Waals surface area contributed by atoms with E-state index in [9.17, 15) is 37.5 Å². The van der Waals surface area contributed by atoms with E-state index in [0.29, 0.717) is 22.2 Å². The Kier molecular flexibility index (Phi) is 10.4. The molecule has 0 bridgehead atoms. The fourth-order valence-corrected chi connectivity index (χ4v) is 5.23. The Bertz CT molecular complexity index is 2210. The first-order chi connectivity index (χ1) is 23.8. The standard InChI is InChI=1S/C30H27ClN10O8S/c1-2-50(48,49)38-30(47)34-19-6-3-16(4-7-19)11-23(26(42)33-20-8-9-21-17(12-20)13-24(35-21)29(45)46)37-28(44)27(43)36-22-14-18(31)5-10-25(22)41-15-32-39-40-41/h3-10,12-15,23,35H,2,11H2,1H3,(H,33,42)(H,36,43)(H,37,44)(H,45,46)(H2,34,38,47)/t23-/m0/s1. The molecule has 0 aliphatic carbocycles. The van der Waals surface area contributed by atoms with Crippen molar-refractivity contribution in [1.82, 2.24) is 35.2 Å². The number of fused-ring (bicyclic) bond motifs is 1. The minimum Gasteiger partial charge on any atom is -0.477 e. The molecule has 0 saturated heterocycles. The number of benzene rings is 3. The molecular formula is C30H27ClN10O8S. The monoisotopic (exact) mass is 722 g/mol. The normalized spacial score (nSPS) is 11.7. The summed E-state index contributed by atoms with van der Waals surface area (Å²) in [5.41, 5.74) is 1.87. The molecule has 0 aliphatic rings. The summed E-state index contributed by atoms with van der Waals surface area (Å²) in [6.07, 6.45) is 1.14. The maximum Gasteiger partial charge on any atom is 0.352 e. The van der Waals surface area contributed by atoms with Crippen LogP contribution >= 0.6 is 11.6 Å². The SMILES string of the molecule is CCS(=O)(=O)NC(=O)Nc1ccc(C[C@H](NC(=O)C(=O)Nc2cc(Cl)ccc2-n2cnnn2)C(=O)Nc2ccc3[nH]c(C(=O)O)cc3c2)cc1. The number of nitrogens with zero attached hydrogens (tertiary/aromatic N) is 4. The molecule has 3 aromatic carbocycles. The second-order valence-electron chi connectivity index (χ2n) is 10.5. The number of carboxylic acids is 1. The number of tetrazole rings is 1. The Morgan fingerprint density at radius 1 is 0.920 bits per heavy atom. The zero-order valence-electron chi connectivity index (χ0n) is 25.8. The Morgan fingerprint density at radius 2 is 1.66 bits per heavy atom. The van der Waals surface area contributed by atoms with E-state index >= 15 is 0 Å².